The predicted molar refractivity (Wildman–Crippen MR) is 128 cm³/mol. The summed E-state index contributed by atoms with van der Waals surface area (Å²) in [5.74, 6) is 1.42. The molecule has 1 aliphatic rings. The van der Waals surface area contributed by atoms with Crippen LogP contribution in [0.15, 0.2) is 55.0 Å². The van der Waals surface area contributed by atoms with Crippen LogP contribution in [0.2, 0.25) is 0 Å². The number of nitrogens with zero attached hydrogens (tertiary/aromatic N) is 3. The second-order valence-electron chi connectivity index (χ2n) is 8.56. The van der Waals surface area contributed by atoms with Gasteiger partial charge in [-0.1, -0.05) is 18.9 Å². The maximum atomic E-state index is 12.8. The van der Waals surface area contributed by atoms with Crippen LogP contribution >= 0.6 is 0 Å². The third-order valence-electron chi connectivity index (χ3n) is 6.27. The number of piperidine rings is 1. The van der Waals surface area contributed by atoms with Crippen molar-refractivity contribution in [3.63, 3.8) is 0 Å². The molecule has 3 aromatic rings. The molecule has 33 heavy (non-hydrogen) atoms. The molecule has 0 aliphatic carbocycles. The number of fused-ring (bicyclic) bond motifs is 1. The minimum absolute atomic E-state index is 0.0502. The first-order valence-corrected chi connectivity index (χ1v) is 11.9. The summed E-state index contributed by atoms with van der Waals surface area (Å²) in [6.07, 6.45) is 10.6. The molecule has 2 aromatic heterocycles. The van der Waals surface area contributed by atoms with Gasteiger partial charge >= 0.3 is 0 Å². The zero-order chi connectivity index (χ0) is 23.0. The fourth-order valence-corrected chi connectivity index (χ4v) is 4.41. The number of carbonyl (C=O) groups excluding carboxylic acids is 2. The largest absolute Gasteiger partial charge is 0.494 e. The van der Waals surface area contributed by atoms with Crippen LogP contribution in [0.4, 0.5) is 0 Å². The molecule has 1 saturated heterocycles. The number of rotatable bonds is 9. The molecule has 1 N–H and O–H groups in total. The number of ether oxygens (including phenoxy) is 1. The minimum Gasteiger partial charge on any atom is -0.494 e. The lowest BCUT2D eigenvalue weighted by molar-refractivity contribution is 0.0685. The van der Waals surface area contributed by atoms with Crippen LogP contribution in [-0.2, 0) is 0 Å². The zero-order valence-corrected chi connectivity index (χ0v) is 19.2. The summed E-state index contributed by atoms with van der Waals surface area (Å²) in [5.41, 5.74) is 2.17. The number of imidazole rings is 1. The van der Waals surface area contributed by atoms with Crippen molar-refractivity contribution in [3.05, 3.63) is 66.1 Å². The van der Waals surface area contributed by atoms with E-state index >= 15 is 0 Å². The first-order valence-electron chi connectivity index (χ1n) is 11.9. The van der Waals surface area contributed by atoms with Gasteiger partial charge in [0.25, 0.3) is 11.8 Å². The molecule has 3 heterocycles. The van der Waals surface area contributed by atoms with Crippen LogP contribution in [0.25, 0.3) is 5.65 Å². The molecule has 0 saturated carbocycles. The van der Waals surface area contributed by atoms with E-state index in [0.717, 1.165) is 56.6 Å². The molecule has 1 fully saturated rings. The molecule has 0 atom stereocenters. The van der Waals surface area contributed by atoms with Gasteiger partial charge in [0, 0.05) is 43.8 Å². The van der Waals surface area contributed by atoms with Crippen LogP contribution in [0, 0.1) is 5.92 Å². The number of carbonyl (C=O) groups is 2. The van der Waals surface area contributed by atoms with Crippen molar-refractivity contribution < 1.29 is 14.3 Å². The highest BCUT2D eigenvalue weighted by molar-refractivity contribution is 5.95. The van der Waals surface area contributed by atoms with E-state index in [1.54, 1.807) is 18.5 Å². The fourth-order valence-electron chi connectivity index (χ4n) is 4.41. The topological polar surface area (TPSA) is 75.9 Å². The van der Waals surface area contributed by atoms with Crippen LogP contribution in [0.1, 0.15) is 59.7 Å². The van der Waals surface area contributed by atoms with Crippen molar-refractivity contribution in [1.29, 1.82) is 0 Å². The Balaban J connectivity index is 1.14. The number of hydrogen-bond donors (Lipinski definition) is 1. The maximum absolute atomic E-state index is 12.8. The van der Waals surface area contributed by atoms with Crippen molar-refractivity contribution >= 4 is 17.5 Å². The number of benzene rings is 1. The van der Waals surface area contributed by atoms with E-state index in [0.29, 0.717) is 30.2 Å². The lowest BCUT2D eigenvalue weighted by atomic mass is 9.91. The minimum atomic E-state index is -0.0502. The number of likely N-dealkylation sites (tertiary alicyclic amines) is 1. The van der Waals surface area contributed by atoms with E-state index in [4.69, 9.17) is 4.74 Å². The van der Waals surface area contributed by atoms with E-state index in [9.17, 15) is 9.59 Å². The molecule has 1 aliphatic heterocycles. The Hall–Kier alpha value is -3.35. The van der Waals surface area contributed by atoms with Gasteiger partial charge in [-0.3, -0.25) is 9.59 Å². The Bertz CT molecular complexity index is 1090. The van der Waals surface area contributed by atoms with Crippen molar-refractivity contribution in [2.45, 2.75) is 39.0 Å². The van der Waals surface area contributed by atoms with Crippen molar-refractivity contribution in [3.8, 4) is 5.75 Å². The third kappa shape index (κ3) is 5.92. The number of unbranched alkanes of at least 4 members (excludes halogenated alkanes) is 1. The smallest absolute Gasteiger partial charge is 0.253 e. The zero-order valence-electron chi connectivity index (χ0n) is 19.2. The van der Waals surface area contributed by atoms with Gasteiger partial charge in [-0.05, 0) is 62.4 Å². The van der Waals surface area contributed by atoms with E-state index in [-0.39, 0.29) is 11.8 Å². The van der Waals surface area contributed by atoms with Gasteiger partial charge in [-0.15, -0.1) is 0 Å². The van der Waals surface area contributed by atoms with Gasteiger partial charge in [0.05, 0.1) is 12.2 Å². The van der Waals surface area contributed by atoms with Gasteiger partial charge in [0.1, 0.15) is 11.4 Å². The highest BCUT2D eigenvalue weighted by atomic mass is 16.5. The van der Waals surface area contributed by atoms with Crippen molar-refractivity contribution in [1.82, 2.24) is 19.6 Å². The van der Waals surface area contributed by atoms with E-state index in [1.807, 2.05) is 52.8 Å². The van der Waals surface area contributed by atoms with Crippen molar-refractivity contribution in [2.75, 3.05) is 26.2 Å². The number of aromatic nitrogens is 2. The molecule has 0 spiro atoms. The molecular weight excluding hydrogens is 416 g/mol. The summed E-state index contributed by atoms with van der Waals surface area (Å²) >= 11 is 0. The molecule has 0 bridgehead atoms. The van der Waals surface area contributed by atoms with E-state index < -0.39 is 0 Å². The maximum Gasteiger partial charge on any atom is 0.253 e. The molecule has 0 radical (unpaired) electrons. The average Bonchev–Trinajstić information content (AvgIpc) is 3.32. The van der Waals surface area contributed by atoms with Gasteiger partial charge in [-0.25, -0.2) is 4.98 Å². The first-order chi connectivity index (χ1) is 16.1. The lowest BCUT2D eigenvalue weighted by Gasteiger charge is -2.32. The Kier molecular flexibility index (Phi) is 7.60. The normalized spacial score (nSPS) is 14.4. The Labute approximate surface area is 194 Å². The molecule has 7 nitrogen and oxygen atoms in total. The molecule has 0 unspecified atom stereocenters. The fraction of sp³-hybridized carbons (Fsp3) is 0.423. The first kappa shape index (κ1) is 22.8. The summed E-state index contributed by atoms with van der Waals surface area (Å²) in [7, 11) is 0. The SMILES string of the molecule is CCOc1cccc(C(=O)N2CCC(CCCCNC(=O)c3ccc4nccn4c3)CC2)c1. The summed E-state index contributed by atoms with van der Waals surface area (Å²) in [4.78, 5) is 31.3. The van der Waals surface area contributed by atoms with Crippen molar-refractivity contribution in [2.24, 2.45) is 5.92 Å². The third-order valence-corrected chi connectivity index (χ3v) is 6.27. The van der Waals surface area contributed by atoms with Crippen LogP contribution < -0.4 is 10.1 Å². The van der Waals surface area contributed by atoms with Gasteiger partial charge in [0.15, 0.2) is 0 Å². The Morgan fingerprint density at radius 3 is 2.79 bits per heavy atom. The second kappa shape index (κ2) is 11.0. The van der Waals surface area contributed by atoms with Gasteiger partial charge < -0.3 is 19.4 Å². The Morgan fingerprint density at radius 1 is 1.12 bits per heavy atom. The van der Waals surface area contributed by atoms with Gasteiger partial charge in [0.2, 0.25) is 0 Å². The van der Waals surface area contributed by atoms with E-state index in [1.165, 1.54) is 0 Å². The standard InChI is InChI=1S/C26H32N4O3/c1-2-33-23-8-5-7-21(18-23)26(32)29-15-11-20(12-16-29)6-3-4-13-28-25(31)22-9-10-24-27-14-17-30(24)19-22/h5,7-10,14,17-20H,2-4,6,11-13,15-16H2,1H3,(H,28,31). The molecule has 174 valence electrons. The predicted octanol–water partition coefficient (Wildman–Crippen LogP) is 4.19. The number of amides is 2. The number of pyridine rings is 1. The molecule has 1 aromatic carbocycles. The quantitative estimate of drug-likeness (QED) is 0.498. The van der Waals surface area contributed by atoms with Gasteiger partial charge in [-0.2, -0.15) is 0 Å². The number of hydrogen-bond acceptors (Lipinski definition) is 4. The summed E-state index contributed by atoms with van der Waals surface area (Å²) in [6.45, 7) is 4.81. The highest BCUT2D eigenvalue weighted by Gasteiger charge is 2.23. The molecule has 2 amide bonds. The van der Waals surface area contributed by atoms with E-state index in [2.05, 4.69) is 10.3 Å². The molecular formula is C26H32N4O3. The monoisotopic (exact) mass is 448 g/mol. The molecule has 7 heteroatoms. The Morgan fingerprint density at radius 2 is 1.97 bits per heavy atom. The summed E-state index contributed by atoms with van der Waals surface area (Å²) in [5, 5.41) is 3.01. The van der Waals surface area contributed by atoms with Crippen LogP contribution in [-0.4, -0.2) is 52.3 Å². The summed E-state index contributed by atoms with van der Waals surface area (Å²) < 4.78 is 7.37. The summed E-state index contributed by atoms with van der Waals surface area (Å²) in [6, 6.07) is 11.1. The highest BCUT2D eigenvalue weighted by Crippen LogP contribution is 2.24. The second-order valence-corrected chi connectivity index (χ2v) is 8.56. The molecule has 4 rings (SSSR count). The average molecular weight is 449 g/mol. The lowest BCUT2D eigenvalue weighted by Crippen LogP contribution is -2.38. The van der Waals surface area contributed by atoms with Crippen LogP contribution in [0.5, 0.6) is 5.75 Å². The van der Waals surface area contributed by atoms with Crippen LogP contribution in [0.3, 0.4) is 0 Å². The number of nitrogens with one attached hydrogen (secondary N) is 1.